The number of para-hydroxylation sites is 1. The lowest BCUT2D eigenvalue weighted by Gasteiger charge is -2.26. The predicted octanol–water partition coefficient (Wildman–Crippen LogP) is 2.43. The number of ether oxygens (including phenoxy) is 1. The summed E-state index contributed by atoms with van der Waals surface area (Å²) in [5.74, 6) is -0.531. The Kier molecular flexibility index (Phi) is 5.85. The van der Waals surface area contributed by atoms with Crippen LogP contribution in [0, 0.1) is 17.2 Å². The molecule has 1 aromatic rings. The Hall–Kier alpha value is -2.22. The lowest BCUT2D eigenvalue weighted by molar-refractivity contribution is 0.0527. The number of nitriles is 1. The number of rotatable bonds is 6. The molecule has 0 radical (unpaired) electrons. The Bertz CT molecular complexity index is 508. The van der Waals surface area contributed by atoms with Gasteiger partial charge in [0.25, 0.3) is 0 Å². The molecular weight excluding hydrogens is 254 g/mol. The fraction of sp³-hybridized carbons (Fsp3) is 0.467. The molecule has 1 aromatic carbocycles. The number of carbonyl (C=O) groups is 1. The number of nitrogens with zero attached hydrogens (tertiary/aromatic N) is 2. The van der Waals surface area contributed by atoms with Crippen LogP contribution in [0.2, 0.25) is 0 Å². The van der Waals surface area contributed by atoms with E-state index >= 15 is 0 Å². The fourth-order valence-corrected chi connectivity index (χ4v) is 1.98. The predicted molar refractivity (Wildman–Crippen MR) is 79.5 cm³/mol. The fourth-order valence-electron chi connectivity index (χ4n) is 1.98. The molecule has 5 heteroatoms. The van der Waals surface area contributed by atoms with E-state index in [1.165, 1.54) is 0 Å². The zero-order chi connectivity index (χ0) is 15.1. The molecule has 108 valence electrons. The number of nitrogen functional groups attached to an aromatic ring is 1. The highest BCUT2D eigenvalue weighted by atomic mass is 16.5. The normalized spacial score (nSPS) is 11.5. The summed E-state index contributed by atoms with van der Waals surface area (Å²) < 4.78 is 4.99. The summed E-state index contributed by atoms with van der Waals surface area (Å²) in [4.78, 5) is 13.8. The largest absolute Gasteiger partial charge is 0.462 e. The zero-order valence-electron chi connectivity index (χ0n) is 12.2. The van der Waals surface area contributed by atoms with Gasteiger partial charge < -0.3 is 15.4 Å². The Balaban J connectivity index is 3.09. The second-order valence-corrected chi connectivity index (χ2v) is 4.53. The minimum atomic E-state index is -0.420. The van der Waals surface area contributed by atoms with Crippen LogP contribution in [0.4, 0.5) is 11.4 Å². The van der Waals surface area contributed by atoms with Crippen molar-refractivity contribution in [3.05, 3.63) is 23.8 Å². The molecule has 0 aliphatic heterocycles. The van der Waals surface area contributed by atoms with Crippen molar-refractivity contribution in [3.8, 4) is 6.07 Å². The van der Waals surface area contributed by atoms with Crippen molar-refractivity contribution < 1.29 is 9.53 Å². The Labute approximate surface area is 119 Å². The standard InChI is InChI=1S/C15H21N3O2/c1-4-18(10-11(3)9-16)13-8-6-7-12(14(13)17)15(19)20-5-2/h6-8,11H,4-5,10,17H2,1-3H3. The first kappa shape index (κ1) is 15.8. The van der Waals surface area contributed by atoms with E-state index in [2.05, 4.69) is 6.07 Å². The van der Waals surface area contributed by atoms with Gasteiger partial charge in [0, 0.05) is 13.1 Å². The van der Waals surface area contributed by atoms with Crippen LogP contribution in [0.1, 0.15) is 31.1 Å². The monoisotopic (exact) mass is 275 g/mol. The van der Waals surface area contributed by atoms with E-state index in [1.54, 1.807) is 19.1 Å². The van der Waals surface area contributed by atoms with Gasteiger partial charge in [-0.25, -0.2) is 4.79 Å². The van der Waals surface area contributed by atoms with Gasteiger partial charge in [-0.05, 0) is 32.9 Å². The van der Waals surface area contributed by atoms with Crippen molar-refractivity contribution >= 4 is 17.3 Å². The Morgan fingerprint density at radius 1 is 1.50 bits per heavy atom. The van der Waals surface area contributed by atoms with Gasteiger partial charge in [0.05, 0.1) is 35.5 Å². The average Bonchev–Trinajstić information content (AvgIpc) is 2.45. The van der Waals surface area contributed by atoms with Crippen molar-refractivity contribution in [1.82, 2.24) is 0 Å². The first-order valence-electron chi connectivity index (χ1n) is 6.75. The lowest BCUT2D eigenvalue weighted by atomic mass is 10.1. The van der Waals surface area contributed by atoms with Crippen molar-refractivity contribution in [2.24, 2.45) is 5.92 Å². The van der Waals surface area contributed by atoms with Gasteiger partial charge in [-0.1, -0.05) is 6.07 Å². The molecule has 1 atom stereocenters. The quantitative estimate of drug-likeness (QED) is 0.637. The van der Waals surface area contributed by atoms with Gasteiger partial charge in [-0.15, -0.1) is 0 Å². The van der Waals surface area contributed by atoms with Crippen LogP contribution in [0.5, 0.6) is 0 Å². The van der Waals surface area contributed by atoms with E-state index in [0.717, 1.165) is 5.69 Å². The van der Waals surface area contributed by atoms with Gasteiger partial charge in [-0.2, -0.15) is 5.26 Å². The maximum absolute atomic E-state index is 11.8. The van der Waals surface area contributed by atoms with Crippen LogP contribution in [0.15, 0.2) is 18.2 Å². The van der Waals surface area contributed by atoms with Gasteiger partial charge in [0.1, 0.15) is 0 Å². The maximum atomic E-state index is 11.8. The molecule has 1 rings (SSSR count). The molecule has 0 saturated carbocycles. The van der Waals surface area contributed by atoms with Gasteiger partial charge in [-0.3, -0.25) is 0 Å². The van der Waals surface area contributed by atoms with Crippen LogP contribution in [0.25, 0.3) is 0 Å². The summed E-state index contributed by atoms with van der Waals surface area (Å²) in [6.07, 6.45) is 0. The van der Waals surface area contributed by atoms with Crippen molar-refractivity contribution in [2.75, 3.05) is 30.3 Å². The minimum absolute atomic E-state index is 0.111. The minimum Gasteiger partial charge on any atom is -0.462 e. The van der Waals surface area contributed by atoms with E-state index in [9.17, 15) is 4.79 Å². The third-order valence-electron chi connectivity index (χ3n) is 3.02. The Morgan fingerprint density at radius 2 is 2.20 bits per heavy atom. The van der Waals surface area contributed by atoms with Crippen molar-refractivity contribution in [2.45, 2.75) is 20.8 Å². The molecule has 0 fully saturated rings. The number of nitrogens with two attached hydrogens (primary N) is 1. The third-order valence-corrected chi connectivity index (χ3v) is 3.02. The molecule has 0 aromatic heterocycles. The van der Waals surface area contributed by atoms with Gasteiger partial charge >= 0.3 is 5.97 Å². The van der Waals surface area contributed by atoms with E-state index < -0.39 is 5.97 Å². The maximum Gasteiger partial charge on any atom is 0.340 e. The second-order valence-electron chi connectivity index (χ2n) is 4.53. The SMILES string of the molecule is CCOC(=O)c1cccc(N(CC)CC(C)C#N)c1N. The molecule has 1 unspecified atom stereocenters. The van der Waals surface area contributed by atoms with Crippen LogP contribution in [0.3, 0.4) is 0 Å². The number of hydrogen-bond donors (Lipinski definition) is 1. The lowest BCUT2D eigenvalue weighted by Crippen LogP contribution is -2.29. The highest BCUT2D eigenvalue weighted by molar-refractivity contribution is 5.98. The molecule has 0 saturated heterocycles. The molecule has 20 heavy (non-hydrogen) atoms. The summed E-state index contributed by atoms with van der Waals surface area (Å²) in [6.45, 7) is 7.19. The van der Waals surface area contributed by atoms with E-state index in [4.69, 9.17) is 15.7 Å². The molecule has 5 nitrogen and oxygen atoms in total. The van der Waals surface area contributed by atoms with E-state index in [-0.39, 0.29) is 5.92 Å². The van der Waals surface area contributed by atoms with Crippen LogP contribution < -0.4 is 10.6 Å². The van der Waals surface area contributed by atoms with Crippen LogP contribution in [-0.2, 0) is 4.74 Å². The van der Waals surface area contributed by atoms with Gasteiger partial charge in [0.2, 0.25) is 0 Å². The molecule has 0 bridgehead atoms. The first-order chi connectivity index (χ1) is 9.54. The van der Waals surface area contributed by atoms with E-state index in [1.807, 2.05) is 24.8 Å². The number of esters is 1. The summed E-state index contributed by atoms with van der Waals surface area (Å²) >= 11 is 0. The summed E-state index contributed by atoms with van der Waals surface area (Å²) in [5.41, 5.74) is 7.62. The summed E-state index contributed by atoms with van der Waals surface area (Å²) in [5, 5.41) is 8.93. The molecule has 0 amide bonds. The summed E-state index contributed by atoms with van der Waals surface area (Å²) in [7, 11) is 0. The molecule has 0 heterocycles. The molecule has 0 spiro atoms. The number of benzene rings is 1. The highest BCUT2D eigenvalue weighted by Crippen LogP contribution is 2.27. The van der Waals surface area contributed by atoms with Crippen LogP contribution >= 0.6 is 0 Å². The second kappa shape index (κ2) is 7.39. The molecule has 2 N–H and O–H groups in total. The number of anilines is 2. The third kappa shape index (κ3) is 3.64. The first-order valence-corrected chi connectivity index (χ1v) is 6.75. The molecule has 0 aliphatic carbocycles. The number of carbonyl (C=O) groups excluding carboxylic acids is 1. The average molecular weight is 275 g/mol. The topological polar surface area (TPSA) is 79.3 Å². The molecular formula is C15H21N3O2. The van der Waals surface area contributed by atoms with Crippen molar-refractivity contribution in [1.29, 1.82) is 5.26 Å². The zero-order valence-corrected chi connectivity index (χ0v) is 12.2. The number of hydrogen-bond acceptors (Lipinski definition) is 5. The Morgan fingerprint density at radius 3 is 2.75 bits per heavy atom. The van der Waals surface area contributed by atoms with Gasteiger partial charge in [0.15, 0.2) is 0 Å². The van der Waals surface area contributed by atoms with E-state index in [0.29, 0.717) is 30.9 Å². The van der Waals surface area contributed by atoms with Crippen LogP contribution in [-0.4, -0.2) is 25.7 Å². The summed E-state index contributed by atoms with van der Waals surface area (Å²) in [6, 6.07) is 7.48. The highest BCUT2D eigenvalue weighted by Gasteiger charge is 2.17. The van der Waals surface area contributed by atoms with Crippen molar-refractivity contribution in [3.63, 3.8) is 0 Å². The molecule has 0 aliphatic rings. The smallest absolute Gasteiger partial charge is 0.340 e.